The van der Waals surface area contributed by atoms with Crippen LogP contribution in [0.5, 0.6) is 0 Å². The third-order valence-electron chi connectivity index (χ3n) is 6.44. The minimum absolute atomic E-state index is 0.121. The maximum atomic E-state index is 12.6. The molecule has 2 aliphatic rings. The second kappa shape index (κ2) is 7.87. The highest BCUT2D eigenvalue weighted by Crippen LogP contribution is 2.33. The lowest BCUT2D eigenvalue weighted by atomic mass is 10.1. The summed E-state index contributed by atoms with van der Waals surface area (Å²) in [6, 6.07) is 9.59. The summed E-state index contributed by atoms with van der Waals surface area (Å²) in [6.45, 7) is 2.52. The van der Waals surface area contributed by atoms with E-state index in [1.165, 1.54) is 49.0 Å². The number of pyridine rings is 2. The molecule has 2 fully saturated rings. The van der Waals surface area contributed by atoms with Gasteiger partial charge in [-0.25, -0.2) is 4.98 Å². The zero-order valence-corrected chi connectivity index (χ0v) is 18.1. The van der Waals surface area contributed by atoms with E-state index >= 15 is 0 Å². The van der Waals surface area contributed by atoms with E-state index in [4.69, 9.17) is 5.73 Å². The van der Waals surface area contributed by atoms with Crippen LogP contribution in [0, 0.1) is 6.92 Å². The number of piperidine rings is 1. The highest BCUT2D eigenvalue weighted by atomic mass is 32.1. The number of nitrogens with zero attached hydrogens (tertiary/aromatic N) is 3. The first-order valence-electron chi connectivity index (χ1n) is 10.8. The van der Waals surface area contributed by atoms with E-state index in [0.29, 0.717) is 29.2 Å². The Labute approximate surface area is 180 Å². The number of hydrogen-bond acceptors (Lipinski definition) is 5. The van der Waals surface area contributed by atoms with Gasteiger partial charge in [0.15, 0.2) is 12.4 Å². The standard InChI is InChI=1S/C23H27N5OS/c1-15-5-8-19-20(24)21(30-23(19)26-15)22(29)25-12-9-16-10-13-27(14-11-16)28-17-3-2-4-18(28)7-6-17/h5,8,10-11,13-14,17-18H,2-4,6-7,9,12H2,1H3,(H2-,24,25,29)/p+1. The average molecular weight is 423 g/mol. The molecule has 2 saturated heterocycles. The summed E-state index contributed by atoms with van der Waals surface area (Å²) >= 11 is 1.36. The van der Waals surface area contributed by atoms with E-state index in [1.54, 1.807) is 0 Å². The Bertz CT molecular complexity index is 1060. The van der Waals surface area contributed by atoms with Crippen LogP contribution in [0.3, 0.4) is 0 Å². The van der Waals surface area contributed by atoms with Crippen molar-refractivity contribution in [2.45, 2.75) is 57.5 Å². The number of amides is 1. The van der Waals surface area contributed by atoms with Gasteiger partial charge in [0.2, 0.25) is 0 Å². The van der Waals surface area contributed by atoms with Gasteiger partial charge in [-0.2, -0.15) is 5.01 Å². The summed E-state index contributed by atoms with van der Waals surface area (Å²) in [6.07, 6.45) is 11.8. The van der Waals surface area contributed by atoms with Crippen molar-refractivity contribution in [1.29, 1.82) is 0 Å². The first kappa shape index (κ1) is 19.3. The summed E-state index contributed by atoms with van der Waals surface area (Å²) in [5, 5.41) is 6.43. The third kappa shape index (κ3) is 3.51. The molecule has 3 N–H and O–H groups in total. The quantitative estimate of drug-likeness (QED) is 0.620. The van der Waals surface area contributed by atoms with Gasteiger partial charge < -0.3 is 11.1 Å². The van der Waals surface area contributed by atoms with E-state index in [-0.39, 0.29) is 5.91 Å². The Morgan fingerprint density at radius 3 is 2.67 bits per heavy atom. The molecule has 2 bridgehead atoms. The number of aryl methyl sites for hydroxylation is 1. The van der Waals surface area contributed by atoms with E-state index in [1.807, 2.05) is 19.1 Å². The Morgan fingerprint density at radius 2 is 1.93 bits per heavy atom. The molecule has 7 heteroatoms. The zero-order valence-electron chi connectivity index (χ0n) is 17.3. The largest absolute Gasteiger partial charge is 0.397 e. The van der Waals surface area contributed by atoms with Crippen LogP contribution in [0.1, 0.15) is 53.0 Å². The first-order valence-corrected chi connectivity index (χ1v) is 11.6. The summed E-state index contributed by atoms with van der Waals surface area (Å²) in [5.41, 5.74) is 8.86. The molecule has 2 atom stereocenters. The molecule has 0 aromatic carbocycles. The molecular formula is C23H28N5OS+. The fourth-order valence-electron chi connectivity index (χ4n) is 4.90. The summed E-state index contributed by atoms with van der Waals surface area (Å²) in [4.78, 5) is 18.5. The van der Waals surface area contributed by atoms with Crippen LogP contribution in [0.2, 0.25) is 0 Å². The summed E-state index contributed by atoms with van der Waals surface area (Å²) < 4.78 is 2.27. The maximum Gasteiger partial charge on any atom is 0.263 e. The van der Waals surface area contributed by atoms with Crippen molar-refractivity contribution >= 4 is 33.1 Å². The molecule has 5 rings (SSSR count). The predicted octanol–water partition coefficient (Wildman–Crippen LogP) is 3.10. The number of aromatic nitrogens is 2. The number of nitrogens with two attached hydrogens (primary N) is 1. The molecule has 156 valence electrons. The van der Waals surface area contributed by atoms with Crippen LogP contribution < -0.4 is 20.7 Å². The van der Waals surface area contributed by atoms with Crippen LogP contribution in [0.15, 0.2) is 36.7 Å². The van der Waals surface area contributed by atoms with Gasteiger partial charge in [-0.1, -0.05) is 4.68 Å². The topological polar surface area (TPSA) is 75.1 Å². The maximum absolute atomic E-state index is 12.6. The van der Waals surface area contributed by atoms with Crippen LogP contribution in [-0.2, 0) is 6.42 Å². The lowest BCUT2D eigenvalue weighted by molar-refractivity contribution is -0.700. The van der Waals surface area contributed by atoms with E-state index in [9.17, 15) is 4.79 Å². The van der Waals surface area contributed by atoms with Crippen molar-refractivity contribution in [2.75, 3.05) is 17.3 Å². The molecular weight excluding hydrogens is 394 g/mol. The molecule has 5 heterocycles. The summed E-state index contributed by atoms with van der Waals surface area (Å²) in [7, 11) is 0. The molecule has 6 nitrogen and oxygen atoms in total. The van der Waals surface area contributed by atoms with Gasteiger partial charge in [-0.05, 0) is 63.1 Å². The number of nitrogen functional groups attached to an aromatic ring is 1. The van der Waals surface area contributed by atoms with Crippen molar-refractivity contribution in [3.05, 3.63) is 52.8 Å². The van der Waals surface area contributed by atoms with Crippen molar-refractivity contribution in [3.8, 4) is 0 Å². The van der Waals surface area contributed by atoms with Gasteiger partial charge >= 0.3 is 0 Å². The number of rotatable bonds is 5. The smallest absolute Gasteiger partial charge is 0.263 e. The summed E-state index contributed by atoms with van der Waals surface area (Å²) in [5.74, 6) is -0.121. The number of hydrogen-bond donors (Lipinski definition) is 2. The number of carbonyl (C=O) groups is 1. The molecule has 1 amide bonds. The number of anilines is 1. The molecule has 30 heavy (non-hydrogen) atoms. The molecule has 0 saturated carbocycles. The molecule has 0 radical (unpaired) electrons. The molecule has 3 aromatic heterocycles. The second-order valence-electron chi connectivity index (χ2n) is 8.44. The molecule has 2 unspecified atom stereocenters. The van der Waals surface area contributed by atoms with Gasteiger partial charge in [0.1, 0.15) is 9.71 Å². The van der Waals surface area contributed by atoms with Gasteiger partial charge in [0.25, 0.3) is 5.91 Å². The average Bonchev–Trinajstić information content (AvgIpc) is 3.20. The minimum Gasteiger partial charge on any atom is -0.397 e. The van der Waals surface area contributed by atoms with Crippen LogP contribution in [0.4, 0.5) is 5.69 Å². The van der Waals surface area contributed by atoms with E-state index in [0.717, 1.165) is 22.3 Å². The number of thiophene rings is 1. The SMILES string of the molecule is Cc1ccc2c(N)c(C(=O)NCCc3cc[n+](N4C5CCCC4CC5)cc3)sc2n1. The molecule has 0 spiro atoms. The third-order valence-corrected chi connectivity index (χ3v) is 7.56. The Balaban J connectivity index is 1.20. The Morgan fingerprint density at radius 1 is 1.20 bits per heavy atom. The highest BCUT2D eigenvalue weighted by Gasteiger charge is 2.41. The molecule has 2 aliphatic heterocycles. The van der Waals surface area contributed by atoms with Gasteiger partial charge in [-0.15, -0.1) is 11.3 Å². The lowest BCUT2D eigenvalue weighted by Gasteiger charge is -2.30. The number of nitrogens with one attached hydrogen (secondary N) is 1. The molecule has 0 aliphatic carbocycles. The minimum atomic E-state index is -0.121. The fraction of sp³-hybridized carbons (Fsp3) is 0.435. The first-order chi connectivity index (χ1) is 14.6. The number of fused-ring (bicyclic) bond motifs is 3. The lowest BCUT2D eigenvalue weighted by Crippen LogP contribution is -2.64. The Kier molecular flexibility index (Phi) is 5.06. The predicted molar refractivity (Wildman–Crippen MR) is 120 cm³/mol. The normalized spacial score (nSPS) is 20.6. The van der Waals surface area contributed by atoms with Gasteiger partial charge in [0.05, 0.1) is 17.8 Å². The molecule has 3 aromatic rings. The van der Waals surface area contributed by atoms with E-state index < -0.39 is 0 Å². The van der Waals surface area contributed by atoms with Gasteiger partial charge in [0, 0.05) is 29.8 Å². The van der Waals surface area contributed by atoms with Crippen molar-refractivity contribution in [3.63, 3.8) is 0 Å². The van der Waals surface area contributed by atoms with Gasteiger partial charge in [-0.3, -0.25) is 4.79 Å². The van der Waals surface area contributed by atoms with Crippen molar-refractivity contribution in [1.82, 2.24) is 10.3 Å². The van der Waals surface area contributed by atoms with Crippen molar-refractivity contribution in [2.24, 2.45) is 0 Å². The monoisotopic (exact) mass is 422 g/mol. The zero-order chi connectivity index (χ0) is 20.7. The highest BCUT2D eigenvalue weighted by molar-refractivity contribution is 7.21. The van der Waals surface area contributed by atoms with Crippen molar-refractivity contribution < 1.29 is 9.47 Å². The Hall–Kier alpha value is -2.67. The van der Waals surface area contributed by atoms with E-state index in [2.05, 4.69) is 44.5 Å². The van der Waals surface area contributed by atoms with Crippen LogP contribution in [-0.4, -0.2) is 29.5 Å². The van der Waals surface area contributed by atoms with Crippen LogP contribution >= 0.6 is 11.3 Å². The second-order valence-corrected chi connectivity index (χ2v) is 9.44. The fourth-order valence-corrected chi connectivity index (χ4v) is 5.95. The number of carbonyl (C=O) groups excluding carboxylic acids is 1. The van der Waals surface area contributed by atoms with Crippen LogP contribution in [0.25, 0.3) is 10.2 Å².